The molecule has 0 aromatic rings. The SMILES string of the molecule is C=CCN(CC=C)C(C)(C)C(N)=O. The minimum absolute atomic E-state index is 0.337. The molecule has 1 amide bonds. The zero-order chi connectivity index (χ0) is 10.5. The normalized spacial score (nSPS) is 11.3. The fourth-order valence-electron chi connectivity index (χ4n) is 0.998. The van der Waals surface area contributed by atoms with E-state index in [0.717, 1.165) is 0 Å². The van der Waals surface area contributed by atoms with Crippen molar-refractivity contribution in [3.05, 3.63) is 25.3 Å². The van der Waals surface area contributed by atoms with Gasteiger partial charge in [0.15, 0.2) is 0 Å². The zero-order valence-corrected chi connectivity index (χ0v) is 8.42. The predicted molar refractivity (Wildman–Crippen MR) is 55.2 cm³/mol. The maximum Gasteiger partial charge on any atom is 0.237 e. The highest BCUT2D eigenvalue weighted by Crippen LogP contribution is 2.13. The predicted octanol–water partition coefficient (Wildman–Crippen LogP) is 0.924. The third-order valence-electron chi connectivity index (χ3n) is 2.09. The average Bonchev–Trinajstić information content (AvgIpc) is 2.03. The van der Waals surface area contributed by atoms with Crippen LogP contribution in [0.3, 0.4) is 0 Å². The maximum atomic E-state index is 11.1. The van der Waals surface area contributed by atoms with Gasteiger partial charge in [0.2, 0.25) is 5.91 Å². The van der Waals surface area contributed by atoms with Crippen molar-refractivity contribution in [2.75, 3.05) is 13.1 Å². The minimum Gasteiger partial charge on any atom is -0.368 e. The Balaban J connectivity index is 4.58. The maximum absolute atomic E-state index is 11.1. The first-order chi connectivity index (χ1) is 5.96. The molecule has 74 valence electrons. The van der Waals surface area contributed by atoms with Gasteiger partial charge in [0.05, 0.1) is 5.54 Å². The summed E-state index contributed by atoms with van der Waals surface area (Å²) in [6.45, 7) is 12.1. The van der Waals surface area contributed by atoms with Crippen molar-refractivity contribution in [2.24, 2.45) is 5.73 Å². The Morgan fingerprint density at radius 3 is 2.00 bits per heavy atom. The molecule has 0 fully saturated rings. The molecular weight excluding hydrogens is 164 g/mol. The van der Waals surface area contributed by atoms with Gasteiger partial charge >= 0.3 is 0 Å². The Bertz CT molecular complexity index is 199. The number of nitrogens with two attached hydrogens (primary N) is 1. The number of nitrogens with zero attached hydrogens (tertiary/aromatic N) is 1. The van der Waals surface area contributed by atoms with Crippen molar-refractivity contribution in [3.63, 3.8) is 0 Å². The van der Waals surface area contributed by atoms with Crippen molar-refractivity contribution in [1.82, 2.24) is 4.90 Å². The van der Waals surface area contributed by atoms with Crippen LogP contribution in [0.25, 0.3) is 0 Å². The van der Waals surface area contributed by atoms with E-state index in [9.17, 15) is 4.79 Å². The van der Waals surface area contributed by atoms with Crippen molar-refractivity contribution in [3.8, 4) is 0 Å². The summed E-state index contributed by atoms with van der Waals surface area (Å²) in [5, 5.41) is 0. The molecule has 0 saturated carbocycles. The van der Waals surface area contributed by atoms with Gasteiger partial charge in [0.1, 0.15) is 0 Å². The first-order valence-corrected chi connectivity index (χ1v) is 4.23. The van der Waals surface area contributed by atoms with E-state index in [2.05, 4.69) is 13.2 Å². The van der Waals surface area contributed by atoms with Gasteiger partial charge in [0, 0.05) is 13.1 Å². The van der Waals surface area contributed by atoms with Crippen molar-refractivity contribution < 1.29 is 4.79 Å². The van der Waals surface area contributed by atoms with E-state index in [1.807, 2.05) is 4.90 Å². The van der Waals surface area contributed by atoms with Crippen LogP contribution >= 0.6 is 0 Å². The molecule has 0 radical (unpaired) electrons. The monoisotopic (exact) mass is 182 g/mol. The Kier molecular flexibility index (Phi) is 4.42. The minimum atomic E-state index is -0.650. The molecule has 0 saturated heterocycles. The van der Waals surface area contributed by atoms with Crippen molar-refractivity contribution in [1.29, 1.82) is 0 Å². The molecule has 0 atom stereocenters. The van der Waals surface area contributed by atoms with Crippen LogP contribution in [0.15, 0.2) is 25.3 Å². The Labute approximate surface area is 79.9 Å². The summed E-state index contributed by atoms with van der Waals surface area (Å²) < 4.78 is 0. The zero-order valence-electron chi connectivity index (χ0n) is 8.42. The van der Waals surface area contributed by atoms with Crippen molar-refractivity contribution >= 4 is 5.91 Å². The smallest absolute Gasteiger partial charge is 0.237 e. The second-order valence-corrected chi connectivity index (χ2v) is 3.41. The molecule has 0 aliphatic carbocycles. The van der Waals surface area contributed by atoms with Crippen LogP contribution in [-0.2, 0) is 4.79 Å². The molecule has 0 rings (SSSR count). The highest BCUT2D eigenvalue weighted by atomic mass is 16.1. The topological polar surface area (TPSA) is 46.3 Å². The summed E-state index contributed by atoms with van der Waals surface area (Å²) in [6, 6.07) is 0. The molecule has 0 spiro atoms. The summed E-state index contributed by atoms with van der Waals surface area (Å²) in [6.07, 6.45) is 3.49. The Morgan fingerprint density at radius 1 is 1.38 bits per heavy atom. The number of rotatable bonds is 6. The van der Waals surface area contributed by atoms with Gasteiger partial charge in [-0.2, -0.15) is 0 Å². The van der Waals surface area contributed by atoms with E-state index in [4.69, 9.17) is 5.73 Å². The van der Waals surface area contributed by atoms with Crippen LogP contribution in [0.5, 0.6) is 0 Å². The van der Waals surface area contributed by atoms with Crippen LogP contribution in [0.1, 0.15) is 13.8 Å². The van der Waals surface area contributed by atoms with E-state index in [0.29, 0.717) is 13.1 Å². The summed E-state index contributed by atoms with van der Waals surface area (Å²) >= 11 is 0. The number of hydrogen-bond donors (Lipinski definition) is 1. The lowest BCUT2D eigenvalue weighted by Crippen LogP contribution is -2.53. The largest absolute Gasteiger partial charge is 0.368 e. The number of carbonyl (C=O) groups is 1. The van der Waals surface area contributed by atoms with Crippen LogP contribution in [-0.4, -0.2) is 29.4 Å². The van der Waals surface area contributed by atoms with Crippen LogP contribution in [0, 0.1) is 0 Å². The molecule has 3 nitrogen and oxygen atoms in total. The van der Waals surface area contributed by atoms with Gasteiger partial charge in [-0.1, -0.05) is 12.2 Å². The molecule has 0 unspecified atom stereocenters. The lowest BCUT2D eigenvalue weighted by molar-refractivity contribution is -0.127. The lowest BCUT2D eigenvalue weighted by Gasteiger charge is -2.34. The van der Waals surface area contributed by atoms with Gasteiger partial charge in [-0.25, -0.2) is 0 Å². The van der Waals surface area contributed by atoms with E-state index in [1.165, 1.54) is 0 Å². The lowest BCUT2D eigenvalue weighted by atomic mass is 10.0. The molecule has 0 aromatic heterocycles. The molecule has 0 aliphatic heterocycles. The Hall–Kier alpha value is -1.09. The molecule has 3 heteroatoms. The van der Waals surface area contributed by atoms with Gasteiger partial charge in [0.25, 0.3) is 0 Å². The number of hydrogen-bond acceptors (Lipinski definition) is 2. The van der Waals surface area contributed by atoms with Gasteiger partial charge in [-0.05, 0) is 13.8 Å². The number of primary amides is 1. The number of amides is 1. The van der Waals surface area contributed by atoms with Crippen molar-refractivity contribution in [2.45, 2.75) is 19.4 Å². The summed E-state index contributed by atoms with van der Waals surface area (Å²) in [5.41, 5.74) is 4.63. The number of carbonyl (C=O) groups excluding carboxylic acids is 1. The van der Waals surface area contributed by atoms with Crippen LogP contribution < -0.4 is 5.73 Å². The second-order valence-electron chi connectivity index (χ2n) is 3.41. The summed E-state index contributed by atoms with van der Waals surface area (Å²) in [7, 11) is 0. The molecule has 13 heavy (non-hydrogen) atoms. The second kappa shape index (κ2) is 4.82. The van der Waals surface area contributed by atoms with Gasteiger partial charge in [-0.3, -0.25) is 9.69 Å². The molecule has 2 N–H and O–H groups in total. The van der Waals surface area contributed by atoms with E-state index in [-0.39, 0.29) is 5.91 Å². The molecule has 0 aliphatic rings. The van der Waals surface area contributed by atoms with E-state index < -0.39 is 5.54 Å². The van der Waals surface area contributed by atoms with E-state index in [1.54, 1.807) is 26.0 Å². The summed E-state index contributed by atoms with van der Waals surface area (Å²) in [4.78, 5) is 13.0. The third-order valence-corrected chi connectivity index (χ3v) is 2.09. The van der Waals surface area contributed by atoms with Gasteiger partial charge in [-0.15, -0.1) is 13.2 Å². The highest BCUT2D eigenvalue weighted by molar-refractivity contribution is 5.83. The fourth-order valence-corrected chi connectivity index (χ4v) is 0.998. The fraction of sp³-hybridized carbons (Fsp3) is 0.500. The van der Waals surface area contributed by atoms with Gasteiger partial charge < -0.3 is 5.73 Å². The average molecular weight is 182 g/mol. The standard InChI is InChI=1S/C10H18N2O/c1-5-7-12(8-6-2)10(3,4)9(11)13/h5-6H,1-2,7-8H2,3-4H3,(H2,11,13). The highest BCUT2D eigenvalue weighted by Gasteiger charge is 2.30. The third kappa shape index (κ3) is 3.03. The molecule has 0 bridgehead atoms. The van der Waals surface area contributed by atoms with E-state index >= 15 is 0 Å². The first kappa shape index (κ1) is 11.9. The summed E-state index contributed by atoms with van der Waals surface area (Å²) in [5.74, 6) is -0.337. The molecule has 0 aromatic carbocycles. The molecule has 0 heterocycles. The quantitative estimate of drug-likeness (QED) is 0.621. The Morgan fingerprint density at radius 2 is 1.77 bits per heavy atom. The molecular formula is C10H18N2O. The van der Waals surface area contributed by atoms with Crippen LogP contribution in [0.4, 0.5) is 0 Å². The van der Waals surface area contributed by atoms with Crippen LogP contribution in [0.2, 0.25) is 0 Å². The first-order valence-electron chi connectivity index (χ1n) is 4.23.